The molecule has 1 unspecified atom stereocenters. The second-order valence-corrected chi connectivity index (χ2v) is 7.58. The molecule has 1 saturated heterocycles. The summed E-state index contributed by atoms with van der Waals surface area (Å²) in [5.74, 6) is 0.143. The van der Waals surface area contributed by atoms with E-state index in [1.54, 1.807) is 6.92 Å². The van der Waals surface area contributed by atoms with E-state index in [0.29, 0.717) is 30.4 Å². The van der Waals surface area contributed by atoms with Crippen molar-refractivity contribution in [2.75, 3.05) is 26.2 Å². The van der Waals surface area contributed by atoms with Crippen LogP contribution in [-0.2, 0) is 15.9 Å². The van der Waals surface area contributed by atoms with Gasteiger partial charge in [-0.2, -0.15) is 9.40 Å². The monoisotopic (exact) mass is 334 g/mol. The SMILES string of the molecule is CCC(C)N1CCN(S(=O)(=O)c2n[nH]c(C)c2CCl)CC1. The van der Waals surface area contributed by atoms with Crippen LogP contribution in [0.5, 0.6) is 0 Å². The molecule has 0 aliphatic carbocycles. The lowest BCUT2D eigenvalue weighted by molar-refractivity contribution is 0.142. The van der Waals surface area contributed by atoms with Crippen molar-refractivity contribution in [3.8, 4) is 0 Å². The maximum absolute atomic E-state index is 12.7. The summed E-state index contributed by atoms with van der Waals surface area (Å²) in [6.45, 7) is 8.62. The third-order valence-electron chi connectivity index (χ3n) is 4.24. The Kier molecular flexibility index (Phi) is 5.29. The maximum atomic E-state index is 12.7. The first-order valence-corrected chi connectivity index (χ1v) is 9.23. The summed E-state index contributed by atoms with van der Waals surface area (Å²) in [7, 11) is -3.56. The van der Waals surface area contributed by atoms with Crippen molar-refractivity contribution >= 4 is 21.6 Å². The van der Waals surface area contributed by atoms with E-state index < -0.39 is 10.0 Å². The molecule has 2 heterocycles. The molecule has 0 radical (unpaired) electrons. The Hall–Kier alpha value is -0.630. The average molecular weight is 335 g/mol. The molecule has 1 aliphatic rings. The van der Waals surface area contributed by atoms with Crippen molar-refractivity contribution < 1.29 is 8.42 Å². The van der Waals surface area contributed by atoms with Gasteiger partial charge in [-0.3, -0.25) is 10.00 Å². The van der Waals surface area contributed by atoms with Crippen LogP contribution in [0.4, 0.5) is 0 Å². The molecule has 1 N–H and O–H groups in total. The van der Waals surface area contributed by atoms with Crippen molar-refractivity contribution in [3.63, 3.8) is 0 Å². The first kappa shape index (κ1) is 16.7. The highest BCUT2D eigenvalue weighted by Gasteiger charge is 2.33. The molecule has 1 aromatic heterocycles. The Balaban J connectivity index is 2.15. The normalized spacial score (nSPS) is 19.8. The molecule has 0 spiro atoms. The molecule has 0 aromatic carbocycles. The molecule has 0 amide bonds. The van der Waals surface area contributed by atoms with Crippen LogP contribution in [0.15, 0.2) is 5.03 Å². The molecule has 0 bridgehead atoms. The highest BCUT2D eigenvalue weighted by molar-refractivity contribution is 7.89. The van der Waals surface area contributed by atoms with Gasteiger partial charge in [-0.15, -0.1) is 11.6 Å². The fourth-order valence-electron chi connectivity index (χ4n) is 2.57. The van der Waals surface area contributed by atoms with Gasteiger partial charge in [0.05, 0.1) is 5.88 Å². The van der Waals surface area contributed by atoms with Crippen molar-refractivity contribution in [3.05, 3.63) is 11.3 Å². The minimum atomic E-state index is -3.56. The zero-order chi connectivity index (χ0) is 15.6. The smallest absolute Gasteiger partial charge is 0.262 e. The van der Waals surface area contributed by atoms with Crippen LogP contribution in [0, 0.1) is 6.92 Å². The number of halogens is 1. The van der Waals surface area contributed by atoms with Gasteiger partial charge in [0, 0.05) is 43.5 Å². The molecule has 2 rings (SSSR count). The van der Waals surface area contributed by atoms with E-state index in [9.17, 15) is 8.42 Å². The maximum Gasteiger partial charge on any atom is 0.262 e. The lowest BCUT2D eigenvalue weighted by Crippen LogP contribution is -2.51. The highest BCUT2D eigenvalue weighted by atomic mass is 35.5. The van der Waals surface area contributed by atoms with Gasteiger partial charge in [0.2, 0.25) is 0 Å². The van der Waals surface area contributed by atoms with Crippen molar-refractivity contribution in [2.24, 2.45) is 0 Å². The fourth-order valence-corrected chi connectivity index (χ4v) is 4.56. The summed E-state index contributed by atoms with van der Waals surface area (Å²) >= 11 is 5.86. The fraction of sp³-hybridized carbons (Fsp3) is 0.769. The Morgan fingerprint density at radius 3 is 2.48 bits per heavy atom. The number of aryl methyl sites for hydroxylation is 1. The van der Waals surface area contributed by atoms with E-state index in [1.165, 1.54) is 4.31 Å². The Bertz CT molecular complexity index is 579. The molecular formula is C13H23ClN4O2S. The van der Waals surface area contributed by atoms with Gasteiger partial charge in [0.15, 0.2) is 5.03 Å². The van der Waals surface area contributed by atoms with Crippen molar-refractivity contribution in [2.45, 2.75) is 44.1 Å². The highest BCUT2D eigenvalue weighted by Crippen LogP contribution is 2.23. The molecular weight excluding hydrogens is 312 g/mol. The molecule has 0 saturated carbocycles. The molecule has 21 heavy (non-hydrogen) atoms. The number of sulfonamides is 1. The lowest BCUT2D eigenvalue weighted by Gasteiger charge is -2.36. The first-order valence-electron chi connectivity index (χ1n) is 7.25. The third kappa shape index (κ3) is 3.26. The molecule has 1 aliphatic heterocycles. The number of piperazine rings is 1. The van der Waals surface area contributed by atoms with E-state index >= 15 is 0 Å². The summed E-state index contributed by atoms with van der Waals surface area (Å²) in [4.78, 5) is 2.32. The summed E-state index contributed by atoms with van der Waals surface area (Å²) in [5.41, 5.74) is 1.28. The Morgan fingerprint density at radius 2 is 1.95 bits per heavy atom. The number of hydrogen-bond donors (Lipinski definition) is 1. The number of aromatic nitrogens is 2. The van der Waals surface area contributed by atoms with Crippen LogP contribution < -0.4 is 0 Å². The Labute approximate surface area is 131 Å². The topological polar surface area (TPSA) is 69.3 Å². The zero-order valence-corrected chi connectivity index (χ0v) is 14.3. The summed E-state index contributed by atoms with van der Waals surface area (Å²) < 4.78 is 26.9. The van der Waals surface area contributed by atoms with Crippen molar-refractivity contribution in [1.29, 1.82) is 0 Å². The number of alkyl halides is 1. The van der Waals surface area contributed by atoms with Crippen LogP contribution in [-0.4, -0.2) is 60.0 Å². The quantitative estimate of drug-likeness (QED) is 0.830. The lowest BCUT2D eigenvalue weighted by atomic mass is 10.2. The number of hydrogen-bond acceptors (Lipinski definition) is 4. The number of nitrogens with one attached hydrogen (secondary N) is 1. The molecule has 120 valence electrons. The molecule has 1 fully saturated rings. The first-order chi connectivity index (χ1) is 9.91. The van der Waals surface area contributed by atoms with E-state index in [2.05, 4.69) is 28.9 Å². The zero-order valence-electron chi connectivity index (χ0n) is 12.8. The number of nitrogens with zero attached hydrogens (tertiary/aromatic N) is 3. The number of rotatable bonds is 5. The summed E-state index contributed by atoms with van der Waals surface area (Å²) in [5, 5.41) is 6.75. The minimum absolute atomic E-state index is 0.0759. The van der Waals surface area contributed by atoms with Gasteiger partial charge in [-0.1, -0.05) is 6.92 Å². The van der Waals surface area contributed by atoms with Crippen LogP contribution >= 0.6 is 11.6 Å². The van der Waals surface area contributed by atoms with E-state index in [0.717, 1.165) is 19.5 Å². The van der Waals surface area contributed by atoms with Gasteiger partial charge in [-0.05, 0) is 20.3 Å². The van der Waals surface area contributed by atoms with Crippen LogP contribution in [0.25, 0.3) is 0 Å². The Morgan fingerprint density at radius 1 is 1.33 bits per heavy atom. The number of aromatic amines is 1. The van der Waals surface area contributed by atoms with Crippen LogP contribution in [0.1, 0.15) is 31.5 Å². The predicted octanol–water partition coefficient (Wildman–Crippen LogP) is 1.56. The van der Waals surface area contributed by atoms with Gasteiger partial charge in [0.25, 0.3) is 10.0 Å². The van der Waals surface area contributed by atoms with Gasteiger partial charge in [-0.25, -0.2) is 8.42 Å². The molecule has 6 nitrogen and oxygen atoms in total. The van der Waals surface area contributed by atoms with E-state index in [4.69, 9.17) is 11.6 Å². The minimum Gasteiger partial charge on any atom is -0.298 e. The molecule has 1 atom stereocenters. The van der Waals surface area contributed by atoms with E-state index in [-0.39, 0.29) is 10.9 Å². The largest absolute Gasteiger partial charge is 0.298 e. The third-order valence-corrected chi connectivity index (χ3v) is 6.38. The number of H-pyrrole nitrogens is 1. The second kappa shape index (κ2) is 6.64. The van der Waals surface area contributed by atoms with Gasteiger partial charge in [0.1, 0.15) is 0 Å². The molecule has 8 heteroatoms. The summed E-state index contributed by atoms with van der Waals surface area (Å²) in [6.07, 6.45) is 1.07. The van der Waals surface area contributed by atoms with Crippen LogP contribution in [0.3, 0.4) is 0 Å². The average Bonchev–Trinajstić information content (AvgIpc) is 2.88. The molecule has 1 aromatic rings. The van der Waals surface area contributed by atoms with Gasteiger partial charge >= 0.3 is 0 Å². The van der Waals surface area contributed by atoms with E-state index in [1.807, 2.05) is 0 Å². The van der Waals surface area contributed by atoms with Crippen LogP contribution in [0.2, 0.25) is 0 Å². The van der Waals surface area contributed by atoms with Gasteiger partial charge < -0.3 is 0 Å². The predicted molar refractivity (Wildman–Crippen MR) is 83.0 cm³/mol. The van der Waals surface area contributed by atoms with Crippen molar-refractivity contribution in [1.82, 2.24) is 19.4 Å². The standard InChI is InChI=1S/C13H23ClN4O2S/c1-4-10(2)17-5-7-18(8-6-17)21(19,20)13-12(9-14)11(3)15-16-13/h10H,4-9H2,1-3H3,(H,15,16). The summed E-state index contributed by atoms with van der Waals surface area (Å²) in [6, 6.07) is 0.487. The second-order valence-electron chi connectivity index (χ2n) is 5.46.